The van der Waals surface area contributed by atoms with Gasteiger partial charge in [0.15, 0.2) is 11.7 Å². The number of amides is 2. The zero-order valence-electron chi connectivity index (χ0n) is 13.8. The number of hydrogen-bond donors (Lipinski definition) is 3. The van der Waals surface area contributed by atoms with Gasteiger partial charge in [0.05, 0.1) is 6.61 Å². The molecule has 0 aliphatic rings. The summed E-state index contributed by atoms with van der Waals surface area (Å²) in [6.07, 6.45) is 1.94. The summed E-state index contributed by atoms with van der Waals surface area (Å²) in [5.41, 5.74) is 5.53. The number of carbonyl (C=O) groups is 3. The minimum atomic E-state index is -0.643. The Morgan fingerprint density at radius 1 is 1.16 bits per heavy atom. The fraction of sp³-hybridized carbons (Fsp3) is 0.250. The van der Waals surface area contributed by atoms with Crippen molar-refractivity contribution in [3.63, 3.8) is 0 Å². The number of para-hydroxylation sites is 1. The van der Waals surface area contributed by atoms with Crippen LogP contribution in [0.4, 0.5) is 0 Å². The third-order valence-electron chi connectivity index (χ3n) is 2.66. The number of ether oxygens (including phenoxy) is 2. The van der Waals surface area contributed by atoms with Crippen molar-refractivity contribution >= 4 is 35.1 Å². The number of thiocarbonyl (C=S) groups is 1. The van der Waals surface area contributed by atoms with E-state index in [0.717, 1.165) is 17.7 Å². The summed E-state index contributed by atoms with van der Waals surface area (Å²) in [5.74, 6) is -1.17. The molecule has 134 valence electrons. The van der Waals surface area contributed by atoms with Gasteiger partial charge in [-0.15, -0.1) is 0 Å². The maximum Gasteiger partial charge on any atom is 0.330 e. The standard InChI is InChI=1S/C16H19N3O5S/c1-3-23-15(22)9-8-13(20)17-16(25)19-18-14(21)10-24-12-7-5-4-6-11(12)2/h4-9H,3,10H2,1-2H3,(H,18,21)(H2,17,19,20,25)/b9-8+. The van der Waals surface area contributed by atoms with Crippen molar-refractivity contribution in [1.29, 1.82) is 0 Å². The van der Waals surface area contributed by atoms with E-state index in [9.17, 15) is 14.4 Å². The Labute approximate surface area is 150 Å². The minimum Gasteiger partial charge on any atom is -0.483 e. The molecule has 0 aliphatic carbocycles. The monoisotopic (exact) mass is 365 g/mol. The highest BCUT2D eigenvalue weighted by Gasteiger charge is 2.06. The molecule has 0 bridgehead atoms. The summed E-state index contributed by atoms with van der Waals surface area (Å²) in [4.78, 5) is 34.2. The van der Waals surface area contributed by atoms with Crippen LogP contribution in [0.2, 0.25) is 0 Å². The van der Waals surface area contributed by atoms with E-state index in [-0.39, 0.29) is 18.3 Å². The third kappa shape index (κ3) is 8.47. The maximum absolute atomic E-state index is 11.7. The molecule has 1 aromatic carbocycles. The van der Waals surface area contributed by atoms with Gasteiger partial charge in [-0.25, -0.2) is 4.79 Å². The van der Waals surface area contributed by atoms with Crippen LogP contribution in [0.5, 0.6) is 5.75 Å². The minimum absolute atomic E-state index is 0.136. The van der Waals surface area contributed by atoms with Crippen molar-refractivity contribution in [3.05, 3.63) is 42.0 Å². The summed E-state index contributed by atoms with van der Waals surface area (Å²) in [6, 6.07) is 7.27. The molecular formula is C16H19N3O5S. The van der Waals surface area contributed by atoms with Crippen LogP contribution in [0.25, 0.3) is 0 Å². The number of nitrogens with one attached hydrogen (secondary N) is 3. The molecule has 0 aliphatic heterocycles. The van der Waals surface area contributed by atoms with E-state index in [4.69, 9.17) is 17.0 Å². The Hall–Kier alpha value is -2.94. The highest BCUT2D eigenvalue weighted by Crippen LogP contribution is 2.15. The average molecular weight is 365 g/mol. The van der Waals surface area contributed by atoms with Gasteiger partial charge >= 0.3 is 5.97 Å². The van der Waals surface area contributed by atoms with E-state index in [1.54, 1.807) is 19.1 Å². The van der Waals surface area contributed by atoms with Crippen LogP contribution < -0.4 is 20.9 Å². The molecule has 25 heavy (non-hydrogen) atoms. The van der Waals surface area contributed by atoms with Crippen LogP contribution in [0.3, 0.4) is 0 Å². The molecule has 8 nitrogen and oxygen atoms in total. The molecular weight excluding hydrogens is 346 g/mol. The number of carbonyl (C=O) groups excluding carboxylic acids is 3. The first-order chi connectivity index (χ1) is 11.9. The predicted octanol–water partition coefficient (Wildman–Crippen LogP) is 0.515. The Bertz CT molecular complexity index is 675. The molecule has 1 aromatic rings. The molecule has 2 amide bonds. The fourth-order valence-electron chi connectivity index (χ4n) is 1.54. The first-order valence-corrected chi connectivity index (χ1v) is 7.76. The molecule has 0 radical (unpaired) electrons. The lowest BCUT2D eigenvalue weighted by atomic mass is 10.2. The molecule has 0 unspecified atom stereocenters. The summed E-state index contributed by atoms with van der Waals surface area (Å²) in [7, 11) is 0. The van der Waals surface area contributed by atoms with Gasteiger partial charge < -0.3 is 9.47 Å². The summed E-state index contributed by atoms with van der Waals surface area (Å²) in [6.45, 7) is 3.49. The smallest absolute Gasteiger partial charge is 0.330 e. The summed E-state index contributed by atoms with van der Waals surface area (Å²) < 4.78 is 9.98. The van der Waals surface area contributed by atoms with Crippen LogP contribution >= 0.6 is 12.2 Å². The van der Waals surface area contributed by atoms with Crippen LogP contribution in [0, 0.1) is 6.92 Å². The maximum atomic E-state index is 11.7. The first-order valence-electron chi connectivity index (χ1n) is 7.35. The van der Waals surface area contributed by atoms with Crippen molar-refractivity contribution in [3.8, 4) is 5.75 Å². The number of aryl methyl sites for hydroxylation is 1. The van der Waals surface area contributed by atoms with Crippen molar-refractivity contribution in [2.75, 3.05) is 13.2 Å². The van der Waals surface area contributed by atoms with Crippen molar-refractivity contribution in [2.45, 2.75) is 13.8 Å². The largest absolute Gasteiger partial charge is 0.483 e. The van der Waals surface area contributed by atoms with Crippen LogP contribution in [-0.4, -0.2) is 36.1 Å². The van der Waals surface area contributed by atoms with Crippen LogP contribution in [0.15, 0.2) is 36.4 Å². The molecule has 1 rings (SSSR count). The topological polar surface area (TPSA) is 106 Å². The summed E-state index contributed by atoms with van der Waals surface area (Å²) >= 11 is 4.83. The lowest BCUT2D eigenvalue weighted by molar-refractivity contribution is -0.137. The molecule has 3 N–H and O–H groups in total. The molecule has 0 saturated carbocycles. The molecule has 0 atom stereocenters. The van der Waals surface area contributed by atoms with E-state index < -0.39 is 17.8 Å². The van der Waals surface area contributed by atoms with Crippen molar-refractivity contribution in [2.24, 2.45) is 0 Å². The second-order valence-corrected chi connectivity index (χ2v) is 5.04. The quantitative estimate of drug-likeness (QED) is 0.292. The Morgan fingerprint density at radius 3 is 2.56 bits per heavy atom. The Balaban J connectivity index is 2.29. The van der Waals surface area contributed by atoms with Gasteiger partial charge in [-0.2, -0.15) is 0 Å². The number of benzene rings is 1. The van der Waals surface area contributed by atoms with Gasteiger partial charge in [0, 0.05) is 12.2 Å². The van der Waals surface area contributed by atoms with Gasteiger partial charge in [0.1, 0.15) is 5.75 Å². The lowest BCUT2D eigenvalue weighted by Crippen LogP contribution is -2.49. The molecule has 0 spiro atoms. The highest BCUT2D eigenvalue weighted by molar-refractivity contribution is 7.80. The zero-order chi connectivity index (χ0) is 18.7. The van der Waals surface area contributed by atoms with Crippen LogP contribution in [-0.2, 0) is 19.1 Å². The summed E-state index contributed by atoms with van der Waals surface area (Å²) in [5, 5.41) is 2.11. The first kappa shape index (κ1) is 20.1. The van der Waals surface area contributed by atoms with Gasteiger partial charge in [-0.1, -0.05) is 18.2 Å². The fourth-order valence-corrected chi connectivity index (χ4v) is 1.69. The number of hydrogen-bond acceptors (Lipinski definition) is 6. The molecule has 0 fully saturated rings. The van der Waals surface area contributed by atoms with E-state index in [1.807, 2.05) is 19.1 Å². The van der Waals surface area contributed by atoms with E-state index in [0.29, 0.717) is 5.75 Å². The number of esters is 1. The van der Waals surface area contributed by atoms with E-state index >= 15 is 0 Å². The second kappa shape index (κ2) is 10.8. The van der Waals surface area contributed by atoms with E-state index in [2.05, 4.69) is 20.9 Å². The Morgan fingerprint density at radius 2 is 1.88 bits per heavy atom. The highest BCUT2D eigenvalue weighted by atomic mass is 32.1. The zero-order valence-corrected chi connectivity index (χ0v) is 14.6. The van der Waals surface area contributed by atoms with Crippen molar-refractivity contribution < 1.29 is 23.9 Å². The Kier molecular flexibility index (Phi) is 8.66. The van der Waals surface area contributed by atoms with Gasteiger partial charge in [-0.05, 0) is 37.7 Å². The normalized spacial score (nSPS) is 10.0. The van der Waals surface area contributed by atoms with Crippen LogP contribution in [0.1, 0.15) is 12.5 Å². The SMILES string of the molecule is CCOC(=O)/C=C/C(=O)NC(=S)NNC(=O)COc1ccccc1C. The van der Waals surface area contributed by atoms with Gasteiger partial charge in [-0.3, -0.25) is 25.8 Å². The van der Waals surface area contributed by atoms with Crippen molar-refractivity contribution in [1.82, 2.24) is 16.2 Å². The number of rotatable bonds is 6. The number of hydrazine groups is 1. The molecule has 0 heterocycles. The predicted molar refractivity (Wildman–Crippen MR) is 94.5 cm³/mol. The van der Waals surface area contributed by atoms with E-state index in [1.165, 1.54) is 0 Å². The average Bonchev–Trinajstić information content (AvgIpc) is 2.58. The molecule has 0 aromatic heterocycles. The van der Waals surface area contributed by atoms with Gasteiger partial charge in [0.2, 0.25) is 5.91 Å². The second-order valence-electron chi connectivity index (χ2n) is 4.63. The molecule has 9 heteroatoms. The van der Waals surface area contributed by atoms with Gasteiger partial charge in [0.25, 0.3) is 5.91 Å². The third-order valence-corrected chi connectivity index (χ3v) is 2.87. The lowest BCUT2D eigenvalue weighted by Gasteiger charge is -2.11. The molecule has 0 saturated heterocycles.